The minimum absolute atomic E-state index is 0.0116. The van der Waals surface area contributed by atoms with E-state index >= 15 is 0 Å². The molecule has 63 heavy (non-hydrogen) atoms. The van der Waals surface area contributed by atoms with E-state index in [1.54, 1.807) is 52.2 Å². The van der Waals surface area contributed by atoms with E-state index < -0.39 is 72.2 Å². The standard InChI is InChI=1S/C49H75N5O9/c1-11-32(6)44(53(10)49(62)43(31(4)5)52-48(61)42(50-9)30(2)3)39(56)29-40(57)54-28-20-25-37(54)45(59)33(7)47(60)51-34(8)46(36-23-16-13-17-24-36)63-41(58)27-19-18-26-38(55)35-21-14-12-15-22-35/h12-17,21-24,30-34,37,39,42-46,50,56,59H,11,18-20,25-29H2,1-10H3,(H,51,60)(H,52,61)/t32-,33+,34+,37-,39+,42-,43-,44-,45+,46?/m0/s1. The van der Waals surface area contributed by atoms with Crippen LogP contribution < -0.4 is 16.0 Å². The third kappa shape index (κ3) is 15.0. The number of rotatable bonds is 25. The van der Waals surface area contributed by atoms with Crippen LogP contribution in [0.5, 0.6) is 0 Å². The van der Waals surface area contributed by atoms with Crippen molar-refractivity contribution < 1.29 is 43.7 Å². The van der Waals surface area contributed by atoms with Gasteiger partial charge in [-0.2, -0.15) is 0 Å². The molecule has 14 heteroatoms. The van der Waals surface area contributed by atoms with Crippen LogP contribution in [0, 0.1) is 23.7 Å². The second kappa shape index (κ2) is 25.6. The summed E-state index contributed by atoms with van der Waals surface area (Å²) in [5.74, 6) is -3.42. The number of nitrogens with zero attached hydrogens (tertiary/aromatic N) is 2. The van der Waals surface area contributed by atoms with E-state index in [-0.39, 0.29) is 48.2 Å². The number of ether oxygens (including phenoxy) is 1. The molecule has 0 radical (unpaired) electrons. The number of aliphatic hydroxyl groups is 2. The Labute approximate surface area is 375 Å². The van der Waals surface area contributed by atoms with E-state index in [1.807, 2.05) is 77.9 Å². The summed E-state index contributed by atoms with van der Waals surface area (Å²) in [7, 11) is 3.29. The molecule has 1 aliphatic rings. The first-order chi connectivity index (χ1) is 29.8. The second-order valence-corrected chi connectivity index (χ2v) is 18.0. The van der Waals surface area contributed by atoms with Crippen LogP contribution in [0.15, 0.2) is 60.7 Å². The third-order valence-electron chi connectivity index (χ3n) is 12.6. The maximum absolute atomic E-state index is 14.0. The highest BCUT2D eigenvalue weighted by Crippen LogP contribution is 2.29. The van der Waals surface area contributed by atoms with Crippen molar-refractivity contribution in [2.24, 2.45) is 23.7 Å². The molecule has 350 valence electrons. The second-order valence-electron chi connectivity index (χ2n) is 18.0. The molecular weight excluding hydrogens is 803 g/mol. The zero-order chi connectivity index (χ0) is 47.0. The first kappa shape index (κ1) is 52.7. The SMILES string of the molecule is CC[C@H](C)[C@@H]([C@H](O)CC(=O)N1CCC[C@H]1[C@H](O)[C@@H](C)C(=O)N[C@H](C)C(OC(=O)CCCCC(=O)c1ccccc1)c1ccccc1)N(C)C(=O)[C@@H](NC(=O)[C@@H](NC)C(C)C)C(C)C. The molecule has 1 aliphatic heterocycles. The maximum Gasteiger partial charge on any atom is 0.306 e. The number of ketones is 1. The highest BCUT2D eigenvalue weighted by Gasteiger charge is 2.42. The largest absolute Gasteiger partial charge is 0.455 e. The summed E-state index contributed by atoms with van der Waals surface area (Å²) in [5.41, 5.74) is 1.31. The van der Waals surface area contributed by atoms with Gasteiger partial charge < -0.3 is 40.7 Å². The summed E-state index contributed by atoms with van der Waals surface area (Å²) in [6.07, 6.45) is -0.599. The van der Waals surface area contributed by atoms with Crippen LogP contribution in [0.2, 0.25) is 0 Å². The fourth-order valence-electron chi connectivity index (χ4n) is 8.57. The number of esters is 1. The fourth-order valence-corrected chi connectivity index (χ4v) is 8.57. The van der Waals surface area contributed by atoms with Gasteiger partial charge in [0.05, 0.1) is 48.7 Å². The molecule has 1 heterocycles. The van der Waals surface area contributed by atoms with Crippen molar-refractivity contribution in [3.63, 3.8) is 0 Å². The van der Waals surface area contributed by atoms with Crippen molar-refractivity contribution in [2.45, 2.75) is 155 Å². The summed E-state index contributed by atoms with van der Waals surface area (Å²) < 4.78 is 5.93. The number of nitrogens with one attached hydrogen (secondary N) is 3. The van der Waals surface area contributed by atoms with E-state index in [0.717, 1.165) is 0 Å². The number of hydrogen-bond donors (Lipinski definition) is 5. The molecule has 2 aromatic rings. The molecule has 0 aliphatic carbocycles. The van der Waals surface area contributed by atoms with Crippen LogP contribution in [-0.2, 0) is 28.7 Å². The molecule has 2 aromatic carbocycles. The molecule has 5 N–H and O–H groups in total. The number of Topliss-reactive ketones (excluding diaryl/α,β-unsaturated/α-hetero) is 1. The Balaban J connectivity index is 1.66. The van der Waals surface area contributed by atoms with Gasteiger partial charge in [-0.15, -0.1) is 0 Å². The smallest absolute Gasteiger partial charge is 0.306 e. The molecule has 1 unspecified atom stereocenters. The van der Waals surface area contributed by atoms with E-state index in [0.29, 0.717) is 56.2 Å². The lowest BCUT2D eigenvalue weighted by Crippen LogP contribution is -2.59. The van der Waals surface area contributed by atoms with Crippen LogP contribution in [0.25, 0.3) is 0 Å². The molecule has 0 aromatic heterocycles. The van der Waals surface area contributed by atoms with Gasteiger partial charge in [0.25, 0.3) is 0 Å². The van der Waals surface area contributed by atoms with Gasteiger partial charge in [-0.05, 0) is 63.0 Å². The predicted octanol–water partition coefficient (Wildman–Crippen LogP) is 5.22. The third-order valence-corrected chi connectivity index (χ3v) is 12.6. The van der Waals surface area contributed by atoms with Gasteiger partial charge in [0.15, 0.2) is 5.78 Å². The molecular formula is C49H75N5O9. The van der Waals surface area contributed by atoms with E-state index in [1.165, 1.54) is 9.80 Å². The number of hydrogen-bond acceptors (Lipinski definition) is 10. The van der Waals surface area contributed by atoms with Crippen molar-refractivity contribution in [1.29, 1.82) is 0 Å². The Bertz CT molecular complexity index is 1780. The first-order valence-corrected chi connectivity index (χ1v) is 22.9. The summed E-state index contributed by atoms with van der Waals surface area (Å²) >= 11 is 0. The van der Waals surface area contributed by atoms with Crippen LogP contribution in [0.1, 0.15) is 129 Å². The Hall–Kier alpha value is -4.66. The molecule has 3 rings (SSSR count). The molecule has 1 fully saturated rings. The van der Waals surface area contributed by atoms with Gasteiger partial charge >= 0.3 is 5.97 Å². The quantitative estimate of drug-likeness (QED) is 0.0502. The molecule has 0 spiro atoms. The number of aliphatic hydroxyl groups excluding tert-OH is 2. The van der Waals surface area contributed by atoms with Crippen LogP contribution in [-0.4, -0.2) is 118 Å². The van der Waals surface area contributed by atoms with E-state index in [2.05, 4.69) is 16.0 Å². The molecule has 4 amide bonds. The lowest BCUT2D eigenvalue weighted by atomic mass is 9.89. The van der Waals surface area contributed by atoms with Gasteiger partial charge in [0.1, 0.15) is 12.1 Å². The number of amides is 4. The minimum atomic E-state index is -1.25. The van der Waals surface area contributed by atoms with Gasteiger partial charge in [-0.3, -0.25) is 28.8 Å². The Morgan fingerprint density at radius 1 is 0.810 bits per heavy atom. The van der Waals surface area contributed by atoms with Crippen molar-refractivity contribution in [3.05, 3.63) is 71.8 Å². The number of carbonyl (C=O) groups excluding carboxylic acids is 6. The summed E-state index contributed by atoms with van der Waals surface area (Å²) in [5, 5.41) is 32.2. The average Bonchev–Trinajstić information content (AvgIpc) is 3.76. The van der Waals surface area contributed by atoms with Gasteiger partial charge in [0.2, 0.25) is 23.6 Å². The van der Waals surface area contributed by atoms with E-state index in [9.17, 15) is 39.0 Å². The van der Waals surface area contributed by atoms with E-state index in [4.69, 9.17) is 4.74 Å². The highest BCUT2D eigenvalue weighted by molar-refractivity contribution is 5.96. The topological polar surface area (TPSA) is 195 Å². The average molecular weight is 878 g/mol. The van der Waals surface area contributed by atoms with Crippen LogP contribution >= 0.6 is 0 Å². The molecule has 10 atom stereocenters. The zero-order valence-corrected chi connectivity index (χ0v) is 39.2. The predicted molar refractivity (Wildman–Crippen MR) is 243 cm³/mol. The zero-order valence-electron chi connectivity index (χ0n) is 39.2. The first-order valence-electron chi connectivity index (χ1n) is 22.9. The fraction of sp³-hybridized carbons (Fsp3) is 0.633. The van der Waals surface area contributed by atoms with Crippen molar-refractivity contribution >= 4 is 35.4 Å². The van der Waals surface area contributed by atoms with Gasteiger partial charge in [-0.25, -0.2) is 0 Å². The molecule has 0 saturated carbocycles. The minimum Gasteiger partial charge on any atom is -0.455 e. The van der Waals surface area contributed by atoms with Crippen molar-refractivity contribution in [2.75, 3.05) is 20.6 Å². The normalized spacial score (nSPS) is 18.3. The summed E-state index contributed by atoms with van der Waals surface area (Å²) in [6, 6.07) is 14.6. The number of carbonyl (C=O) groups is 6. The van der Waals surface area contributed by atoms with Crippen LogP contribution in [0.3, 0.4) is 0 Å². The Kier molecular flexibility index (Phi) is 21.4. The van der Waals surface area contributed by atoms with Gasteiger partial charge in [0, 0.05) is 32.0 Å². The number of likely N-dealkylation sites (N-methyl/N-ethyl adjacent to an activating group) is 2. The maximum atomic E-state index is 14.0. The highest BCUT2D eigenvalue weighted by atomic mass is 16.5. The van der Waals surface area contributed by atoms with Crippen LogP contribution in [0.4, 0.5) is 0 Å². The number of unbranched alkanes of at least 4 members (excludes halogenated alkanes) is 1. The van der Waals surface area contributed by atoms with Crippen molar-refractivity contribution in [1.82, 2.24) is 25.8 Å². The molecule has 0 bridgehead atoms. The van der Waals surface area contributed by atoms with Gasteiger partial charge in [-0.1, -0.05) is 116 Å². The number of benzene rings is 2. The molecule has 14 nitrogen and oxygen atoms in total. The summed E-state index contributed by atoms with van der Waals surface area (Å²) in [4.78, 5) is 83.5. The van der Waals surface area contributed by atoms with Crippen molar-refractivity contribution in [3.8, 4) is 0 Å². The Morgan fingerprint density at radius 3 is 1.97 bits per heavy atom. The Morgan fingerprint density at radius 2 is 1.40 bits per heavy atom. The lowest BCUT2D eigenvalue weighted by Gasteiger charge is -2.39. The lowest BCUT2D eigenvalue weighted by molar-refractivity contribution is -0.152. The number of likely N-dealkylation sites (tertiary alicyclic amines) is 1. The monoisotopic (exact) mass is 878 g/mol. The molecule has 1 saturated heterocycles. The summed E-state index contributed by atoms with van der Waals surface area (Å²) in [6.45, 7) is 15.0.